The number of phenolic OH excluding ortho intramolecular Hbond substituents is 1. The van der Waals surface area contributed by atoms with Gasteiger partial charge in [-0.3, -0.25) is 23.7 Å². The zero-order valence-electron chi connectivity index (χ0n) is 31.2. The molecule has 0 atom stereocenters. The maximum Gasteiger partial charge on any atom is 0.425 e. The number of anilines is 1. The van der Waals surface area contributed by atoms with Gasteiger partial charge in [-0.1, -0.05) is 26.5 Å². The highest BCUT2D eigenvalue weighted by Crippen LogP contribution is 2.52. The summed E-state index contributed by atoms with van der Waals surface area (Å²) in [5, 5.41) is 44.8. The first-order chi connectivity index (χ1) is 27.0. The summed E-state index contributed by atoms with van der Waals surface area (Å²) in [6.45, 7) is 1.21. The van der Waals surface area contributed by atoms with Crippen molar-refractivity contribution in [1.29, 1.82) is 0 Å². The van der Waals surface area contributed by atoms with Crippen molar-refractivity contribution < 1.29 is 55.2 Å². The van der Waals surface area contributed by atoms with Crippen LogP contribution in [0.15, 0.2) is 27.3 Å². The quantitative estimate of drug-likeness (QED) is 0.0344. The molecule has 0 aliphatic heterocycles. The highest BCUT2D eigenvalue weighted by Gasteiger charge is 2.32. The molecule has 0 saturated carbocycles. The van der Waals surface area contributed by atoms with Gasteiger partial charge in [0, 0.05) is 54.0 Å². The number of unbranched alkanes of at least 4 members (excludes halogenated alkanes) is 1. The molecule has 0 aromatic heterocycles. The van der Waals surface area contributed by atoms with Crippen LogP contribution in [0.25, 0.3) is 49.2 Å². The summed E-state index contributed by atoms with van der Waals surface area (Å²) >= 11 is 0. The second-order valence-electron chi connectivity index (χ2n) is 13.6. The zero-order valence-corrected chi connectivity index (χ0v) is 32.8. The number of benzene rings is 5. The number of hydrogen-bond donors (Lipinski definition) is 7. The summed E-state index contributed by atoms with van der Waals surface area (Å²) < 4.78 is 62.2. The molecule has 0 fully saturated rings. The van der Waals surface area contributed by atoms with Crippen molar-refractivity contribution in [3.63, 3.8) is 0 Å². The van der Waals surface area contributed by atoms with Gasteiger partial charge in [0.1, 0.15) is 11.6 Å². The number of ether oxygens (including phenoxy) is 1. The van der Waals surface area contributed by atoms with Gasteiger partial charge >= 0.3 is 10.6 Å². The first-order valence-corrected chi connectivity index (χ1v) is 20.4. The number of allylic oxidation sites excluding steroid dienone is 1. The van der Waals surface area contributed by atoms with Gasteiger partial charge in [0.2, 0.25) is 17.2 Å². The van der Waals surface area contributed by atoms with E-state index in [1.54, 1.807) is 13.1 Å². The minimum Gasteiger partial charge on any atom is -0.507 e. The maximum atomic E-state index is 14.5. The number of nitrogens with one attached hydrogen (secondary N) is 3. The molecule has 5 aromatic carbocycles. The van der Waals surface area contributed by atoms with Gasteiger partial charge in [-0.05, 0) is 89.4 Å². The first-order valence-electron chi connectivity index (χ1n) is 17.8. The number of carbonyl (C=O) groups excluding carboxylic acids is 2. The van der Waals surface area contributed by atoms with Crippen LogP contribution in [-0.4, -0.2) is 79.3 Å². The van der Waals surface area contributed by atoms with Crippen molar-refractivity contribution in [1.82, 2.24) is 10.6 Å². The highest BCUT2D eigenvalue weighted by atomic mass is 32.2. The third kappa shape index (κ3) is 9.55. The second kappa shape index (κ2) is 19.5. The van der Waals surface area contributed by atoms with Crippen LogP contribution in [0.5, 0.6) is 11.5 Å². The Bertz CT molecular complexity index is 2800. The van der Waals surface area contributed by atoms with E-state index in [1.807, 2.05) is 13.0 Å². The number of aliphatic hydroxyl groups is 2. The molecule has 0 radical (unpaired) electrons. The standard InChI is InChI=1S/C38H41N3O11S.2CH4.O3S/c1-18-11-22-21(7-4-5-8-27(46)41-17-53(49,50)51)36(47)33-25(44)14-20(16-43)29-28-19(15-42)13-24(40-10-6-9-26(45)39-2)32-34(28)31(30(22)35(29)33)23(12-18)38(52-3)37(32)48;;;1-4(2)3/h11,13-14,40,42-43,47H,4-10,12,15-17H2,1-3H3,(H,39,45)(H,41,46)(H,49,50,51);2*1H4;. The fraction of sp³-hybridized carbons (Fsp3) is 0.400. The number of phenols is 1. The normalized spacial score (nSPS) is 12.0. The SMILES string of the molecule is C.C.CNC(=O)CCCNc1cc(CO)c2c3c(CO)cc(=O)c4c(O)c(CCCCC(=O)NCS(=O)(=O)O)c5c(c6c(c(OC)c(=O)c1c26)CC(C)=C5)c43.O=S(=O)=O. The van der Waals surface area contributed by atoms with Gasteiger partial charge in [-0.25, -0.2) is 0 Å². The average Bonchev–Trinajstić information content (AvgIpc) is 3.30. The Balaban J connectivity index is 0.00000148. The molecule has 320 valence electrons. The summed E-state index contributed by atoms with van der Waals surface area (Å²) in [5.41, 5.74) is 2.60. The molecule has 19 heteroatoms. The third-order valence-corrected chi connectivity index (χ3v) is 10.5. The van der Waals surface area contributed by atoms with Crippen LogP contribution >= 0.6 is 0 Å². The smallest absolute Gasteiger partial charge is 0.425 e. The van der Waals surface area contributed by atoms with Gasteiger partial charge in [0.25, 0.3) is 10.1 Å². The number of aliphatic hydroxyl groups excluding tert-OH is 2. The predicted octanol–water partition coefficient (Wildman–Crippen LogP) is 3.43. The third-order valence-electron chi connectivity index (χ3n) is 10.0. The Hall–Kier alpha value is -5.47. The molecule has 59 heavy (non-hydrogen) atoms. The van der Waals surface area contributed by atoms with E-state index >= 15 is 0 Å². The zero-order chi connectivity index (χ0) is 41.9. The molecule has 7 N–H and O–H groups in total. The number of hydrogen-bond acceptors (Lipinski definition) is 14. The first kappa shape index (κ1) is 47.9. The molecule has 6 rings (SSSR count). The van der Waals surface area contributed by atoms with Crippen molar-refractivity contribution in [2.75, 3.05) is 31.9 Å². The van der Waals surface area contributed by atoms with Crippen LogP contribution in [-0.2, 0) is 56.4 Å². The molecule has 0 spiro atoms. The van der Waals surface area contributed by atoms with E-state index in [2.05, 4.69) is 16.0 Å². The molecule has 2 amide bonds. The number of carbonyl (C=O) groups is 2. The van der Waals surface area contributed by atoms with Crippen LogP contribution in [0.2, 0.25) is 0 Å². The molecule has 0 saturated heterocycles. The molecule has 17 nitrogen and oxygen atoms in total. The van der Waals surface area contributed by atoms with Crippen molar-refractivity contribution in [3.05, 3.63) is 66.0 Å². The maximum absolute atomic E-state index is 14.5. The van der Waals surface area contributed by atoms with E-state index in [1.165, 1.54) is 13.2 Å². The van der Waals surface area contributed by atoms with Crippen LogP contribution in [0.1, 0.15) is 81.7 Å². The van der Waals surface area contributed by atoms with Gasteiger partial charge in [-0.15, -0.1) is 12.6 Å². The monoisotopic (exact) mass is 859 g/mol. The van der Waals surface area contributed by atoms with Gasteiger partial charge in [0.15, 0.2) is 11.2 Å². The topological polar surface area (TPSA) is 280 Å². The van der Waals surface area contributed by atoms with Crippen molar-refractivity contribution >= 4 is 87.4 Å². The number of methoxy groups -OCH3 is 1. The summed E-state index contributed by atoms with van der Waals surface area (Å²) in [6, 6.07) is 2.92. The highest BCUT2D eigenvalue weighted by molar-refractivity contribution is 7.85. The molecular weight excluding hydrogens is 811 g/mol. The second-order valence-corrected chi connectivity index (χ2v) is 15.5. The van der Waals surface area contributed by atoms with Crippen LogP contribution < -0.4 is 31.5 Å². The minimum absolute atomic E-state index is 0. The van der Waals surface area contributed by atoms with E-state index in [0.717, 1.165) is 5.57 Å². The molecule has 1 aliphatic rings. The van der Waals surface area contributed by atoms with Crippen molar-refractivity contribution in [3.8, 4) is 11.5 Å². The Morgan fingerprint density at radius 1 is 0.847 bits per heavy atom. The lowest BCUT2D eigenvalue weighted by Crippen LogP contribution is -2.28. The van der Waals surface area contributed by atoms with Crippen LogP contribution in [0.3, 0.4) is 0 Å². The lowest BCUT2D eigenvalue weighted by molar-refractivity contribution is -0.121. The number of fused-ring (bicyclic) bond motifs is 1. The lowest BCUT2D eigenvalue weighted by atomic mass is 9.80. The Labute approximate surface area is 341 Å². The van der Waals surface area contributed by atoms with E-state index in [-0.39, 0.29) is 80.7 Å². The van der Waals surface area contributed by atoms with E-state index in [4.69, 9.17) is 21.9 Å². The van der Waals surface area contributed by atoms with Gasteiger partial charge in [-0.2, -0.15) is 8.42 Å². The van der Waals surface area contributed by atoms with Crippen molar-refractivity contribution in [2.45, 2.75) is 79.9 Å². The number of rotatable bonds is 15. The number of aromatic hydroxyl groups is 1. The average molecular weight is 860 g/mol. The molecule has 1 aliphatic carbocycles. The number of amides is 2. The van der Waals surface area contributed by atoms with E-state index < -0.39 is 56.6 Å². The van der Waals surface area contributed by atoms with Gasteiger partial charge < -0.3 is 36.0 Å². The van der Waals surface area contributed by atoms with Crippen LogP contribution in [0, 0.1) is 0 Å². The summed E-state index contributed by atoms with van der Waals surface area (Å²) in [5.74, 6) is -1.78. The molecule has 0 unspecified atom stereocenters. The van der Waals surface area contributed by atoms with Crippen molar-refractivity contribution in [2.24, 2.45) is 0 Å². The molecule has 0 bridgehead atoms. The van der Waals surface area contributed by atoms with Crippen LogP contribution in [0.4, 0.5) is 5.69 Å². The minimum atomic E-state index is -4.39. The Morgan fingerprint density at radius 3 is 2.02 bits per heavy atom. The van der Waals surface area contributed by atoms with E-state index in [9.17, 15) is 42.9 Å². The fourth-order valence-electron chi connectivity index (χ4n) is 7.81. The Kier molecular flexibility index (Phi) is 15.8. The predicted molar refractivity (Wildman–Crippen MR) is 226 cm³/mol. The van der Waals surface area contributed by atoms with Gasteiger partial charge in [0.05, 0.1) is 31.1 Å². The summed E-state index contributed by atoms with van der Waals surface area (Å²) in [4.78, 5) is 52.6. The summed E-state index contributed by atoms with van der Waals surface area (Å²) in [7, 11) is -4.53. The Morgan fingerprint density at radius 2 is 1.44 bits per heavy atom. The van der Waals surface area contributed by atoms with E-state index in [0.29, 0.717) is 79.6 Å². The largest absolute Gasteiger partial charge is 0.507 e. The molecular formula is C40H49N3O14S2. The molecule has 0 heterocycles. The molecule has 5 aromatic rings. The fourth-order valence-corrected chi connectivity index (χ4v) is 8.16. The lowest BCUT2D eigenvalue weighted by Gasteiger charge is -2.25. The summed E-state index contributed by atoms with van der Waals surface area (Å²) in [6.07, 6.45) is 3.69.